The molecule has 3 aromatic rings. The average Bonchev–Trinajstić information content (AvgIpc) is 2.88. The van der Waals surface area contributed by atoms with E-state index in [0.29, 0.717) is 11.5 Å². The second-order valence-corrected chi connectivity index (χ2v) is 6.70. The summed E-state index contributed by atoms with van der Waals surface area (Å²) >= 11 is 5.84. The van der Waals surface area contributed by atoms with Gasteiger partial charge in [0.1, 0.15) is 5.82 Å². The van der Waals surface area contributed by atoms with Crippen molar-refractivity contribution in [1.82, 2.24) is 19.6 Å². The first kappa shape index (κ1) is 15.5. The summed E-state index contributed by atoms with van der Waals surface area (Å²) in [6, 6.07) is 4.52. The number of pyridine rings is 2. The van der Waals surface area contributed by atoms with Crippen molar-refractivity contribution >= 4 is 33.0 Å². The van der Waals surface area contributed by atoms with E-state index in [1.807, 2.05) is 0 Å². The van der Waals surface area contributed by atoms with Crippen molar-refractivity contribution in [3.8, 4) is 5.88 Å². The third-order valence-corrected chi connectivity index (χ3v) is 4.55. The molecule has 0 aliphatic rings. The third kappa shape index (κ3) is 2.92. The van der Waals surface area contributed by atoms with Crippen molar-refractivity contribution in [2.75, 3.05) is 11.8 Å². The molecule has 0 saturated carbocycles. The summed E-state index contributed by atoms with van der Waals surface area (Å²) in [6.45, 7) is 1.72. The normalized spacial score (nSPS) is 11.6. The highest BCUT2D eigenvalue weighted by atomic mass is 35.5. The molecule has 3 rings (SSSR count). The fraction of sp³-hybridized carbons (Fsp3) is 0.154. The lowest BCUT2D eigenvalue weighted by Crippen LogP contribution is -2.15. The van der Waals surface area contributed by atoms with Crippen molar-refractivity contribution in [2.24, 2.45) is 0 Å². The van der Waals surface area contributed by atoms with Crippen LogP contribution in [-0.2, 0) is 10.0 Å². The van der Waals surface area contributed by atoms with Gasteiger partial charge in [-0.1, -0.05) is 11.6 Å². The number of nitrogens with one attached hydrogen (secondary N) is 1. The third-order valence-electron chi connectivity index (χ3n) is 2.98. The van der Waals surface area contributed by atoms with Gasteiger partial charge in [-0.25, -0.2) is 22.9 Å². The van der Waals surface area contributed by atoms with Crippen LogP contribution in [0.3, 0.4) is 0 Å². The van der Waals surface area contributed by atoms with Crippen LogP contribution in [0.1, 0.15) is 5.82 Å². The molecule has 3 aromatic heterocycles. The maximum absolute atomic E-state index is 12.6. The van der Waals surface area contributed by atoms with E-state index in [-0.39, 0.29) is 21.5 Å². The lowest BCUT2D eigenvalue weighted by atomic mass is 10.4. The zero-order valence-electron chi connectivity index (χ0n) is 12.2. The molecular weight excluding hydrogens is 342 g/mol. The Morgan fingerprint density at radius 1 is 1.39 bits per heavy atom. The van der Waals surface area contributed by atoms with Gasteiger partial charge in [-0.2, -0.15) is 5.10 Å². The van der Waals surface area contributed by atoms with Gasteiger partial charge in [0.2, 0.25) is 5.88 Å². The van der Waals surface area contributed by atoms with E-state index in [0.717, 1.165) is 0 Å². The SMILES string of the molecule is COc1ncc(Cl)cc1S(=O)(=O)Nc1cccn2nc(C)nc12. The van der Waals surface area contributed by atoms with Gasteiger partial charge in [-0.15, -0.1) is 0 Å². The number of nitrogens with zero attached hydrogens (tertiary/aromatic N) is 4. The number of hydrogen-bond acceptors (Lipinski definition) is 6. The summed E-state index contributed by atoms with van der Waals surface area (Å²) in [6.07, 6.45) is 2.98. The largest absolute Gasteiger partial charge is 0.480 e. The lowest BCUT2D eigenvalue weighted by molar-refractivity contribution is 0.385. The smallest absolute Gasteiger partial charge is 0.267 e. The summed E-state index contributed by atoms with van der Waals surface area (Å²) in [5.41, 5.74) is 0.678. The molecule has 120 valence electrons. The van der Waals surface area contributed by atoms with Crippen LogP contribution in [0.5, 0.6) is 5.88 Å². The Hall–Kier alpha value is -2.39. The van der Waals surface area contributed by atoms with E-state index in [1.165, 1.54) is 23.9 Å². The number of halogens is 1. The number of aromatic nitrogens is 4. The number of sulfonamides is 1. The van der Waals surface area contributed by atoms with Crippen LogP contribution in [0.2, 0.25) is 5.02 Å². The first-order valence-corrected chi connectivity index (χ1v) is 8.31. The van der Waals surface area contributed by atoms with Gasteiger partial charge >= 0.3 is 0 Å². The maximum Gasteiger partial charge on any atom is 0.267 e. The second-order valence-electron chi connectivity index (χ2n) is 4.62. The van der Waals surface area contributed by atoms with Crippen LogP contribution < -0.4 is 9.46 Å². The zero-order chi connectivity index (χ0) is 16.6. The predicted molar refractivity (Wildman–Crippen MR) is 84.3 cm³/mol. The number of anilines is 1. The highest BCUT2D eigenvalue weighted by molar-refractivity contribution is 7.92. The summed E-state index contributed by atoms with van der Waals surface area (Å²) in [5.74, 6) is 0.477. The van der Waals surface area contributed by atoms with Gasteiger partial charge in [0.25, 0.3) is 10.0 Å². The second kappa shape index (κ2) is 5.67. The Bertz CT molecular complexity index is 986. The Kier molecular flexibility index (Phi) is 3.82. The van der Waals surface area contributed by atoms with Crippen LogP contribution in [0.4, 0.5) is 5.69 Å². The Labute approximate surface area is 137 Å². The lowest BCUT2D eigenvalue weighted by Gasteiger charge is -2.11. The summed E-state index contributed by atoms with van der Waals surface area (Å²) < 4.78 is 34.2. The molecule has 0 amide bonds. The molecule has 8 nitrogen and oxygen atoms in total. The quantitative estimate of drug-likeness (QED) is 0.769. The molecule has 0 aromatic carbocycles. The highest BCUT2D eigenvalue weighted by Crippen LogP contribution is 2.27. The minimum Gasteiger partial charge on any atom is -0.480 e. The van der Waals surface area contributed by atoms with Gasteiger partial charge in [0, 0.05) is 12.4 Å². The van der Waals surface area contributed by atoms with E-state index in [1.54, 1.807) is 25.3 Å². The monoisotopic (exact) mass is 353 g/mol. The van der Waals surface area contributed by atoms with Gasteiger partial charge in [0.05, 0.1) is 17.8 Å². The number of rotatable bonds is 4. The van der Waals surface area contributed by atoms with Gasteiger partial charge in [0.15, 0.2) is 10.5 Å². The first-order valence-electron chi connectivity index (χ1n) is 6.45. The van der Waals surface area contributed by atoms with E-state index < -0.39 is 10.0 Å². The first-order chi connectivity index (χ1) is 10.9. The zero-order valence-corrected chi connectivity index (χ0v) is 13.8. The van der Waals surface area contributed by atoms with Crippen LogP contribution in [0.25, 0.3) is 5.65 Å². The minimum atomic E-state index is -3.96. The number of methoxy groups -OCH3 is 1. The van der Waals surface area contributed by atoms with Crippen LogP contribution in [0.15, 0.2) is 35.5 Å². The molecule has 0 spiro atoms. The molecule has 10 heteroatoms. The van der Waals surface area contributed by atoms with E-state index in [4.69, 9.17) is 16.3 Å². The molecule has 0 aliphatic heterocycles. The molecule has 0 saturated heterocycles. The molecule has 0 radical (unpaired) electrons. The fourth-order valence-corrected chi connectivity index (χ4v) is 3.48. The Balaban J connectivity index is 2.09. The van der Waals surface area contributed by atoms with Crippen molar-refractivity contribution < 1.29 is 13.2 Å². The van der Waals surface area contributed by atoms with Crippen molar-refractivity contribution in [1.29, 1.82) is 0 Å². The number of hydrogen-bond donors (Lipinski definition) is 1. The molecule has 0 atom stereocenters. The van der Waals surface area contributed by atoms with Crippen LogP contribution in [0, 0.1) is 6.92 Å². The van der Waals surface area contributed by atoms with Crippen molar-refractivity contribution in [3.63, 3.8) is 0 Å². The molecule has 23 heavy (non-hydrogen) atoms. The van der Waals surface area contributed by atoms with E-state index in [9.17, 15) is 8.42 Å². The number of fused-ring (bicyclic) bond motifs is 1. The van der Waals surface area contributed by atoms with Crippen LogP contribution in [-0.4, -0.2) is 35.1 Å². The van der Waals surface area contributed by atoms with Gasteiger partial charge in [-0.3, -0.25) is 4.72 Å². The van der Waals surface area contributed by atoms with Crippen LogP contribution >= 0.6 is 11.6 Å². The number of aryl methyl sites for hydroxylation is 1. The highest BCUT2D eigenvalue weighted by Gasteiger charge is 2.23. The molecule has 0 bridgehead atoms. The van der Waals surface area contributed by atoms with Crippen molar-refractivity contribution in [3.05, 3.63) is 41.4 Å². The maximum atomic E-state index is 12.6. The van der Waals surface area contributed by atoms with Gasteiger partial charge < -0.3 is 4.74 Å². The summed E-state index contributed by atoms with van der Waals surface area (Å²) in [4.78, 5) is 7.91. The Morgan fingerprint density at radius 2 is 2.17 bits per heavy atom. The molecule has 3 heterocycles. The molecular formula is C13H12ClN5O3S. The molecule has 1 N–H and O–H groups in total. The predicted octanol–water partition coefficient (Wildman–Crippen LogP) is 1.90. The standard InChI is InChI=1S/C13H12ClN5O3S/c1-8-16-12-10(4-3-5-19(12)17-8)18-23(20,21)11-6-9(14)7-15-13(11)22-2/h3-7,18H,1-2H3. The molecule has 0 unspecified atom stereocenters. The fourth-order valence-electron chi connectivity index (χ4n) is 2.05. The minimum absolute atomic E-state index is 0.0495. The van der Waals surface area contributed by atoms with Gasteiger partial charge in [-0.05, 0) is 25.1 Å². The summed E-state index contributed by atoms with van der Waals surface area (Å²) in [5, 5.41) is 4.32. The number of ether oxygens (including phenoxy) is 1. The Morgan fingerprint density at radius 3 is 2.91 bits per heavy atom. The van der Waals surface area contributed by atoms with Crippen molar-refractivity contribution in [2.45, 2.75) is 11.8 Å². The topological polar surface area (TPSA) is 98.5 Å². The average molecular weight is 354 g/mol. The van der Waals surface area contributed by atoms with E-state index >= 15 is 0 Å². The molecule has 0 aliphatic carbocycles. The molecule has 0 fully saturated rings. The van der Waals surface area contributed by atoms with E-state index in [2.05, 4.69) is 19.8 Å². The summed E-state index contributed by atoms with van der Waals surface area (Å²) in [7, 11) is -2.63.